The molecule has 36 heavy (non-hydrogen) atoms. The molecule has 196 valence electrons. The summed E-state index contributed by atoms with van der Waals surface area (Å²) >= 11 is 0. The van der Waals surface area contributed by atoms with Crippen LogP contribution in [0.15, 0.2) is 48.5 Å². The second-order valence-electron chi connectivity index (χ2n) is 10.0. The molecule has 0 aromatic heterocycles. The molecule has 0 heterocycles. The molecule has 2 aromatic rings. The van der Waals surface area contributed by atoms with Gasteiger partial charge in [0.1, 0.15) is 29.7 Å². The number of hydrogen-bond acceptors (Lipinski definition) is 6. The van der Waals surface area contributed by atoms with Gasteiger partial charge >= 0.3 is 6.09 Å². The maximum absolute atomic E-state index is 13.7. The SMILES string of the molecule is CCC(C)(C)N(C(=O)CNC(=O)OC(C)(C)C)C(C(=O)Nc1ccc(OC)cc1)c1cccc(O)c1. The highest BCUT2D eigenvalue weighted by atomic mass is 16.6. The van der Waals surface area contributed by atoms with Crippen LogP contribution in [0.25, 0.3) is 0 Å². The Morgan fingerprint density at radius 1 is 1.03 bits per heavy atom. The fourth-order valence-corrected chi connectivity index (χ4v) is 3.55. The van der Waals surface area contributed by atoms with E-state index < -0.39 is 35.1 Å². The molecule has 3 amide bonds. The highest BCUT2D eigenvalue weighted by Crippen LogP contribution is 2.33. The van der Waals surface area contributed by atoms with E-state index in [4.69, 9.17) is 9.47 Å². The second kappa shape index (κ2) is 11.8. The molecule has 0 radical (unpaired) electrons. The number of amides is 3. The molecule has 2 rings (SSSR count). The fraction of sp³-hybridized carbons (Fsp3) is 0.444. The molecule has 2 aromatic carbocycles. The van der Waals surface area contributed by atoms with Crippen molar-refractivity contribution in [3.8, 4) is 11.5 Å². The number of carbonyl (C=O) groups excluding carboxylic acids is 3. The van der Waals surface area contributed by atoms with Gasteiger partial charge in [0.2, 0.25) is 5.91 Å². The van der Waals surface area contributed by atoms with Crippen LogP contribution in [0.2, 0.25) is 0 Å². The number of hydrogen-bond donors (Lipinski definition) is 3. The number of methoxy groups -OCH3 is 1. The fourth-order valence-electron chi connectivity index (χ4n) is 3.55. The molecule has 0 bridgehead atoms. The Bertz CT molecular complexity index is 1060. The smallest absolute Gasteiger partial charge is 0.408 e. The van der Waals surface area contributed by atoms with Crippen LogP contribution in [0.3, 0.4) is 0 Å². The number of phenolic OH excluding ortho intramolecular Hbond substituents is 1. The van der Waals surface area contributed by atoms with E-state index in [1.165, 1.54) is 17.0 Å². The highest BCUT2D eigenvalue weighted by molar-refractivity contribution is 5.98. The van der Waals surface area contributed by atoms with Gasteiger partial charge in [0.15, 0.2) is 0 Å². The van der Waals surface area contributed by atoms with Crippen LogP contribution in [0.1, 0.15) is 59.6 Å². The van der Waals surface area contributed by atoms with Crippen molar-refractivity contribution in [3.63, 3.8) is 0 Å². The lowest BCUT2D eigenvalue weighted by Crippen LogP contribution is -2.55. The second-order valence-corrected chi connectivity index (χ2v) is 10.0. The summed E-state index contributed by atoms with van der Waals surface area (Å²) in [7, 11) is 1.55. The molecule has 1 unspecified atom stereocenters. The Balaban J connectivity index is 2.44. The maximum atomic E-state index is 13.7. The normalized spacial score (nSPS) is 12.3. The molecular formula is C27H37N3O6. The van der Waals surface area contributed by atoms with Gasteiger partial charge in [-0.3, -0.25) is 9.59 Å². The Morgan fingerprint density at radius 2 is 1.67 bits per heavy atom. The first-order valence-corrected chi connectivity index (χ1v) is 11.8. The third-order valence-electron chi connectivity index (χ3n) is 5.62. The molecule has 0 aliphatic heterocycles. The van der Waals surface area contributed by atoms with E-state index >= 15 is 0 Å². The van der Waals surface area contributed by atoms with Crippen LogP contribution in [-0.4, -0.2) is 52.7 Å². The summed E-state index contributed by atoms with van der Waals surface area (Å²) in [6, 6.07) is 11.9. The van der Waals surface area contributed by atoms with E-state index in [1.807, 2.05) is 20.8 Å². The molecule has 1 atom stereocenters. The zero-order valence-electron chi connectivity index (χ0n) is 22.0. The zero-order chi connectivity index (χ0) is 27.1. The number of benzene rings is 2. The van der Waals surface area contributed by atoms with Crippen LogP contribution in [0.4, 0.5) is 10.5 Å². The van der Waals surface area contributed by atoms with Crippen molar-refractivity contribution in [1.29, 1.82) is 0 Å². The Hall–Kier alpha value is -3.75. The van der Waals surface area contributed by atoms with Gasteiger partial charge in [0.05, 0.1) is 7.11 Å². The number of ether oxygens (including phenoxy) is 2. The van der Waals surface area contributed by atoms with Crippen molar-refractivity contribution >= 4 is 23.6 Å². The van der Waals surface area contributed by atoms with Crippen LogP contribution >= 0.6 is 0 Å². The standard InChI is InChI=1S/C27H37N3O6/c1-8-27(5,6)30(22(32)17-28-25(34)36-26(2,3)4)23(18-10-9-11-20(31)16-18)24(33)29-19-12-14-21(35-7)15-13-19/h9-16,23,31H,8,17H2,1-7H3,(H,28,34)(H,29,33). The largest absolute Gasteiger partial charge is 0.508 e. The van der Waals surface area contributed by atoms with E-state index in [0.29, 0.717) is 23.4 Å². The summed E-state index contributed by atoms with van der Waals surface area (Å²) in [5.74, 6) is -0.359. The van der Waals surface area contributed by atoms with Crippen molar-refractivity contribution in [3.05, 3.63) is 54.1 Å². The number of rotatable bonds is 9. The monoisotopic (exact) mass is 499 g/mol. The average Bonchev–Trinajstić information content (AvgIpc) is 2.80. The maximum Gasteiger partial charge on any atom is 0.408 e. The van der Waals surface area contributed by atoms with Gasteiger partial charge in [-0.1, -0.05) is 19.1 Å². The van der Waals surface area contributed by atoms with Gasteiger partial charge in [-0.25, -0.2) is 4.79 Å². The van der Waals surface area contributed by atoms with E-state index in [2.05, 4.69) is 10.6 Å². The van der Waals surface area contributed by atoms with E-state index in [1.54, 1.807) is 64.3 Å². The van der Waals surface area contributed by atoms with Gasteiger partial charge in [0, 0.05) is 11.2 Å². The number of aromatic hydroxyl groups is 1. The number of alkyl carbamates (subject to hydrolysis) is 1. The molecule has 0 aliphatic carbocycles. The molecule has 3 N–H and O–H groups in total. The van der Waals surface area contributed by atoms with Crippen LogP contribution in [0.5, 0.6) is 11.5 Å². The molecule has 0 aliphatic rings. The minimum atomic E-state index is -1.10. The van der Waals surface area contributed by atoms with Crippen molar-refractivity contribution in [2.75, 3.05) is 19.0 Å². The third kappa shape index (κ3) is 7.90. The van der Waals surface area contributed by atoms with Gasteiger partial charge in [-0.15, -0.1) is 0 Å². The Labute approximate surface area is 212 Å². The predicted octanol–water partition coefficient (Wildman–Crippen LogP) is 4.62. The van der Waals surface area contributed by atoms with Crippen molar-refractivity contribution in [2.45, 2.75) is 65.1 Å². The van der Waals surface area contributed by atoms with E-state index in [-0.39, 0.29) is 12.3 Å². The average molecular weight is 500 g/mol. The summed E-state index contributed by atoms with van der Waals surface area (Å²) in [6.45, 7) is 10.4. The lowest BCUT2D eigenvalue weighted by molar-refractivity contribution is -0.145. The molecule has 0 spiro atoms. The number of nitrogens with zero attached hydrogens (tertiary/aromatic N) is 1. The summed E-state index contributed by atoms with van der Waals surface area (Å²) in [5.41, 5.74) is -0.564. The topological polar surface area (TPSA) is 117 Å². The summed E-state index contributed by atoms with van der Waals surface area (Å²) in [6.07, 6.45) is -0.210. The molecule has 0 saturated carbocycles. The zero-order valence-corrected chi connectivity index (χ0v) is 22.0. The summed E-state index contributed by atoms with van der Waals surface area (Å²) < 4.78 is 10.4. The van der Waals surface area contributed by atoms with Gasteiger partial charge < -0.3 is 30.1 Å². The third-order valence-corrected chi connectivity index (χ3v) is 5.62. The minimum Gasteiger partial charge on any atom is -0.508 e. The minimum absolute atomic E-state index is 0.0386. The van der Waals surface area contributed by atoms with Gasteiger partial charge in [0.25, 0.3) is 5.91 Å². The molecule has 0 saturated heterocycles. The molecule has 9 nitrogen and oxygen atoms in total. The predicted molar refractivity (Wildman–Crippen MR) is 138 cm³/mol. The first-order valence-electron chi connectivity index (χ1n) is 11.8. The number of carbonyl (C=O) groups is 3. The lowest BCUT2D eigenvalue weighted by Gasteiger charge is -2.43. The molecule has 9 heteroatoms. The first kappa shape index (κ1) is 28.5. The summed E-state index contributed by atoms with van der Waals surface area (Å²) in [4.78, 5) is 40.9. The van der Waals surface area contributed by atoms with Crippen molar-refractivity contribution in [1.82, 2.24) is 10.2 Å². The molecular weight excluding hydrogens is 462 g/mol. The number of anilines is 1. The van der Waals surface area contributed by atoms with Crippen LogP contribution < -0.4 is 15.4 Å². The van der Waals surface area contributed by atoms with Crippen LogP contribution in [0, 0.1) is 0 Å². The van der Waals surface area contributed by atoms with Gasteiger partial charge in [-0.05, 0) is 83.0 Å². The lowest BCUT2D eigenvalue weighted by atomic mass is 9.92. The first-order chi connectivity index (χ1) is 16.8. The van der Waals surface area contributed by atoms with Crippen molar-refractivity contribution < 1.29 is 29.0 Å². The van der Waals surface area contributed by atoms with E-state index in [9.17, 15) is 19.5 Å². The Kier molecular flexibility index (Phi) is 9.33. The van der Waals surface area contributed by atoms with Crippen molar-refractivity contribution in [2.24, 2.45) is 0 Å². The van der Waals surface area contributed by atoms with Gasteiger partial charge in [-0.2, -0.15) is 0 Å². The number of phenols is 1. The Morgan fingerprint density at radius 3 is 2.19 bits per heavy atom. The van der Waals surface area contributed by atoms with Crippen LogP contribution in [-0.2, 0) is 14.3 Å². The van der Waals surface area contributed by atoms with E-state index in [0.717, 1.165) is 0 Å². The quantitative estimate of drug-likeness (QED) is 0.463. The highest BCUT2D eigenvalue weighted by Gasteiger charge is 2.40. The number of nitrogens with one attached hydrogen (secondary N) is 2. The molecule has 0 fully saturated rings. The summed E-state index contributed by atoms with van der Waals surface area (Å²) in [5, 5.41) is 15.5.